The third kappa shape index (κ3) is 6.33. The molecule has 6 rings (SSSR count). The molecule has 218 valence electrons. The van der Waals surface area contributed by atoms with Gasteiger partial charge in [-0.2, -0.15) is 0 Å². The van der Waals surface area contributed by atoms with Crippen molar-refractivity contribution in [1.29, 1.82) is 0 Å². The van der Waals surface area contributed by atoms with Crippen molar-refractivity contribution in [3.8, 4) is 22.9 Å². The zero-order valence-corrected chi connectivity index (χ0v) is 24.2. The minimum atomic E-state index is -0.120. The Bertz CT molecular complexity index is 1670. The van der Waals surface area contributed by atoms with Gasteiger partial charge in [0.15, 0.2) is 5.88 Å². The first kappa shape index (κ1) is 29.3. The maximum absolute atomic E-state index is 13.3. The average molecular weight is 588 g/mol. The molecule has 1 aliphatic rings. The van der Waals surface area contributed by atoms with Gasteiger partial charge in [0.1, 0.15) is 18.7 Å². The Hall–Kier alpha value is -4.18. The molecule has 0 saturated carbocycles. The molecule has 10 heteroatoms. The quantitative estimate of drug-likeness (QED) is 0.200. The van der Waals surface area contributed by atoms with Crippen LogP contribution in [0.4, 0.5) is 0 Å². The fourth-order valence-electron chi connectivity index (χ4n) is 5.47. The number of nitrogens with one attached hydrogen (secondary N) is 2. The van der Waals surface area contributed by atoms with E-state index in [4.69, 9.17) is 9.47 Å². The first-order valence-corrected chi connectivity index (χ1v) is 13.9. The Morgan fingerprint density at radius 2 is 1.83 bits per heavy atom. The van der Waals surface area contributed by atoms with Crippen LogP contribution in [-0.4, -0.2) is 70.3 Å². The summed E-state index contributed by atoms with van der Waals surface area (Å²) in [6.45, 7) is 3.72. The number of carbonyl (C=O) groups excluding carboxylic acids is 1. The summed E-state index contributed by atoms with van der Waals surface area (Å²) in [5, 5.41) is 15.6. The van der Waals surface area contributed by atoms with E-state index in [0.29, 0.717) is 46.7 Å². The molecule has 0 spiro atoms. The van der Waals surface area contributed by atoms with Crippen LogP contribution in [0, 0.1) is 0 Å². The molecular formula is C32H34ClN5O4. The van der Waals surface area contributed by atoms with Gasteiger partial charge in [-0.3, -0.25) is 9.69 Å². The summed E-state index contributed by atoms with van der Waals surface area (Å²) in [6, 6.07) is 21.6. The summed E-state index contributed by atoms with van der Waals surface area (Å²) in [5.41, 5.74) is 4.36. The number of fused-ring (bicyclic) bond motifs is 2. The van der Waals surface area contributed by atoms with Crippen LogP contribution in [0.5, 0.6) is 11.6 Å². The van der Waals surface area contributed by atoms with Crippen LogP contribution < -0.4 is 10.1 Å². The molecule has 1 fully saturated rings. The molecule has 0 radical (unpaired) electrons. The van der Waals surface area contributed by atoms with Crippen LogP contribution >= 0.6 is 12.4 Å². The molecule has 3 heterocycles. The highest BCUT2D eigenvalue weighted by atomic mass is 35.5. The lowest BCUT2D eigenvalue weighted by Crippen LogP contribution is -2.44. The number of halogens is 1. The summed E-state index contributed by atoms with van der Waals surface area (Å²) in [6.07, 6.45) is 3.28. The normalized spacial score (nSPS) is 14.1. The number of H-pyrrole nitrogens is 1. The maximum Gasteiger partial charge on any atom is 0.251 e. The van der Waals surface area contributed by atoms with Crippen molar-refractivity contribution in [2.24, 2.45) is 0 Å². The van der Waals surface area contributed by atoms with Gasteiger partial charge in [0.25, 0.3) is 5.91 Å². The molecule has 0 unspecified atom stereocenters. The molecule has 9 nitrogen and oxygen atoms in total. The third-order valence-corrected chi connectivity index (χ3v) is 7.61. The molecule has 0 atom stereocenters. The standard InChI is InChI=1S/C32H33N5O4.ClH/c1-40-15-16-41-24-8-9-25-28(18-24)33-20-34-30(25)29-26-17-22(7-10-27(26)36-32(29)39)31(38)35-23-11-13-37(14-12-23)19-21-5-3-2-4-6-21;/h2-10,17-18,20,23,36,39H,11-16,19H2,1H3,(H,35,38);1H. The Kier molecular flexibility index (Phi) is 9.22. The minimum absolute atomic E-state index is 0. The molecule has 0 aliphatic carbocycles. The van der Waals surface area contributed by atoms with Crippen LogP contribution in [-0.2, 0) is 11.3 Å². The van der Waals surface area contributed by atoms with Crippen molar-refractivity contribution in [2.75, 3.05) is 33.4 Å². The predicted molar refractivity (Wildman–Crippen MR) is 165 cm³/mol. The van der Waals surface area contributed by atoms with E-state index in [-0.39, 0.29) is 30.2 Å². The number of benzene rings is 3. The van der Waals surface area contributed by atoms with Crippen LogP contribution in [0.15, 0.2) is 73.1 Å². The van der Waals surface area contributed by atoms with Gasteiger partial charge in [-0.05, 0) is 48.7 Å². The number of aromatic nitrogens is 3. The van der Waals surface area contributed by atoms with Crippen LogP contribution in [0.3, 0.4) is 0 Å². The molecule has 1 saturated heterocycles. The number of ether oxygens (including phenoxy) is 2. The summed E-state index contributed by atoms with van der Waals surface area (Å²) in [5.74, 6) is 0.543. The van der Waals surface area contributed by atoms with Gasteiger partial charge in [0.2, 0.25) is 0 Å². The molecule has 3 N–H and O–H groups in total. The smallest absolute Gasteiger partial charge is 0.251 e. The summed E-state index contributed by atoms with van der Waals surface area (Å²) in [4.78, 5) is 27.7. The first-order chi connectivity index (χ1) is 20.1. The molecular weight excluding hydrogens is 554 g/mol. The molecule has 3 aromatic carbocycles. The average Bonchev–Trinajstić information content (AvgIpc) is 3.33. The fourth-order valence-corrected chi connectivity index (χ4v) is 5.47. The number of carbonyl (C=O) groups is 1. The van der Waals surface area contributed by atoms with Crippen molar-refractivity contribution in [3.63, 3.8) is 0 Å². The summed E-state index contributed by atoms with van der Waals surface area (Å²) >= 11 is 0. The maximum atomic E-state index is 13.3. The van der Waals surface area contributed by atoms with Gasteiger partial charge >= 0.3 is 0 Å². The minimum Gasteiger partial charge on any atom is -0.494 e. The van der Waals surface area contributed by atoms with E-state index in [9.17, 15) is 9.90 Å². The molecule has 2 aromatic heterocycles. The van der Waals surface area contributed by atoms with Gasteiger partial charge in [-0.15, -0.1) is 12.4 Å². The Morgan fingerprint density at radius 3 is 2.62 bits per heavy atom. The number of hydrogen-bond donors (Lipinski definition) is 3. The second-order valence-corrected chi connectivity index (χ2v) is 10.4. The molecule has 1 aliphatic heterocycles. The molecule has 0 bridgehead atoms. The highest BCUT2D eigenvalue weighted by Gasteiger charge is 2.23. The van der Waals surface area contributed by atoms with E-state index >= 15 is 0 Å². The van der Waals surface area contributed by atoms with Crippen LogP contribution in [0.2, 0.25) is 0 Å². The second kappa shape index (κ2) is 13.2. The number of likely N-dealkylation sites (tertiary alicyclic amines) is 1. The Labute approximate surface area is 250 Å². The summed E-state index contributed by atoms with van der Waals surface area (Å²) in [7, 11) is 1.63. The zero-order valence-electron chi connectivity index (χ0n) is 23.4. The number of piperidine rings is 1. The highest BCUT2D eigenvalue weighted by Crippen LogP contribution is 2.39. The number of aromatic hydroxyl groups is 1. The van der Waals surface area contributed by atoms with Crippen molar-refractivity contribution < 1.29 is 19.4 Å². The Balaban J connectivity index is 0.00000353. The van der Waals surface area contributed by atoms with E-state index in [1.807, 2.05) is 36.4 Å². The predicted octanol–water partition coefficient (Wildman–Crippen LogP) is 5.33. The van der Waals surface area contributed by atoms with Gasteiger partial charge in [-0.25, -0.2) is 9.97 Å². The number of amides is 1. The number of methoxy groups -OCH3 is 1. The van der Waals surface area contributed by atoms with Gasteiger partial charge in [-0.1, -0.05) is 30.3 Å². The lowest BCUT2D eigenvalue weighted by atomic mass is 10.0. The monoisotopic (exact) mass is 587 g/mol. The van der Waals surface area contributed by atoms with Gasteiger partial charge < -0.3 is 24.9 Å². The van der Waals surface area contributed by atoms with E-state index in [0.717, 1.165) is 43.4 Å². The van der Waals surface area contributed by atoms with Crippen molar-refractivity contribution in [3.05, 3.63) is 84.2 Å². The van der Waals surface area contributed by atoms with Crippen molar-refractivity contribution in [2.45, 2.75) is 25.4 Å². The zero-order chi connectivity index (χ0) is 28.2. The topological polar surface area (TPSA) is 113 Å². The van der Waals surface area contributed by atoms with E-state index in [1.54, 1.807) is 13.2 Å². The number of hydrogen-bond acceptors (Lipinski definition) is 7. The largest absolute Gasteiger partial charge is 0.494 e. The van der Waals surface area contributed by atoms with Gasteiger partial charge in [0.05, 0.1) is 23.4 Å². The number of rotatable bonds is 9. The summed E-state index contributed by atoms with van der Waals surface area (Å²) < 4.78 is 10.8. The molecule has 1 amide bonds. The van der Waals surface area contributed by atoms with E-state index < -0.39 is 0 Å². The Morgan fingerprint density at radius 1 is 1.02 bits per heavy atom. The lowest BCUT2D eigenvalue weighted by Gasteiger charge is -2.32. The van der Waals surface area contributed by atoms with Crippen LogP contribution in [0.25, 0.3) is 33.1 Å². The SMILES string of the molecule is COCCOc1ccc2c(-c3c(O)[nH]c4ccc(C(=O)NC5CCN(Cc6ccccc6)CC5)cc34)ncnc2c1.Cl. The first-order valence-electron chi connectivity index (χ1n) is 13.9. The third-order valence-electron chi connectivity index (χ3n) is 7.61. The van der Waals surface area contributed by atoms with Crippen molar-refractivity contribution in [1.82, 2.24) is 25.2 Å². The highest BCUT2D eigenvalue weighted by molar-refractivity contribution is 6.07. The molecule has 42 heavy (non-hydrogen) atoms. The lowest BCUT2D eigenvalue weighted by molar-refractivity contribution is 0.0909. The fraction of sp³-hybridized carbons (Fsp3) is 0.281. The number of nitrogens with zero attached hydrogens (tertiary/aromatic N) is 3. The van der Waals surface area contributed by atoms with Gasteiger partial charge in [0, 0.05) is 60.7 Å². The number of aromatic amines is 1. The van der Waals surface area contributed by atoms with Crippen LogP contribution in [0.1, 0.15) is 28.8 Å². The molecule has 5 aromatic rings. The van der Waals surface area contributed by atoms with Crippen molar-refractivity contribution >= 4 is 40.1 Å². The second-order valence-electron chi connectivity index (χ2n) is 10.4. The van der Waals surface area contributed by atoms with E-state index in [2.05, 4.69) is 49.4 Å². The van der Waals surface area contributed by atoms with E-state index in [1.165, 1.54) is 11.9 Å².